The van der Waals surface area contributed by atoms with Gasteiger partial charge in [0.1, 0.15) is 6.10 Å². The van der Waals surface area contributed by atoms with Gasteiger partial charge in [-0.15, -0.1) is 0 Å². The van der Waals surface area contributed by atoms with Crippen molar-refractivity contribution in [1.82, 2.24) is 0 Å². The lowest BCUT2D eigenvalue weighted by Crippen LogP contribution is -2.54. The maximum Gasteiger partial charge on any atom is 0.334 e. The lowest BCUT2D eigenvalue weighted by atomic mass is 9.52. The fraction of sp³-hybridized carbons (Fsp3) is 0.600. The van der Waals surface area contributed by atoms with Crippen LogP contribution in [0, 0.1) is 24.2 Å². The third kappa shape index (κ3) is 3.98. The van der Waals surface area contributed by atoms with Gasteiger partial charge in [-0.1, -0.05) is 25.5 Å². The molecule has 0 radical (unpaired) electrons. The van der Waals surface area contributed by atoms with Gasteiger partial charge in [-0.3, -0.25) is 0 Å². The highest BCUT2D eigenvalue weighted by molar-refractivity contribution is 5.87. The van der Waals surface area contributed by atoms with Gasteiger partial charge in [0.2, 0.25) is 0 Å². The molecule has 3 rings (SSSR count). The van der Waals surface area contributed by atoms with Crippen molar-refractivity contribution in [2.24, 2.45) is 17.3 Å². The molecule has 0 amide bonds. The van der Waals surface area contributed by atoms with Crippen LogP contribution in [0.25, 0.3) is 0 Å². The number of carbonyl (C=O) groups excluding carboxylic acids is 2. The maximum atomic E-state index is 12.7. The number of furan rings is 1. The first-order valence-corrected chi connectivity index (χ1v) is 11.0. The van der Waals surface area contributed by atoms with Crippen LogP contribution in [-0.4, -0.2) is 23.1 Å². The molecule has 1 heterocycles. The summed E-state index contributed by atoms with van der Waals surface area (Å²) in [4.78, 5) is 25.4. The van der Waals surface area contributed by atoms with Crippen LogP contribution in [0.5, 0.6) is 0 Å². The minimum atomic E-state index is -0.640. The summed E-state index contributed by atoms with van der Waals surface area (Å²) in [6, 6.07) is 0. The molecule has 1 aromatic heterocycles. The summed E-state index contributed by atoms with van der Waals surface area (Å²) in [6.07, 6.45) is 4.27. The highest BCUT2D eigenvalue weighted by Gasteiger charge is 2.61. The Kier molecular flexibility index (Phi) is 6.51. The molecule has 0 saturated heterocycles. The Labute approximate surface area is 184 Å². The number of hydrogen-bond donors (Lipinski definition) is 1. The molecule has 6 unspecified atom stereocenters. The Bertz CT molecular complexity index is 918. The number of rotatable bonds is 4. The number of aliphatic hydroxyl groups is 1. The Balaban J connectivity index is 2.15. The fourth-order valence-corrected chi connectivity index (χ4v) is 5.13. The van der Waals surface area contributed by atoms with E-state index in [-0.39, 0.29) is 11.8 Å². The first-order chi connectivity index (χ1) is 14.5. The van der Waals surface area contributed by atoms with Gasteiger partial charge in [0.25, 0.3) is 0 Å². The maximum absolute atomic E-state index is 12.7. The molecule has 0 aromatic carbocycles. The smallest absolute Gasteiger partial charge is 0.334 e. The Morgan fingerprint density at radius 3 is 2.52 bits per heavy atom. The van der Waals surface area contributed by atoms with E-state index in [0.29, 0.717) is 24.2 Å². The fourth-order valence-electron chi connectivity index (χ4n) is 5.13. The lowest BCUT2D eigenvalue weighted by molar-refractivity contribution is -0.198. The van der Waals surface area contributed by atoms with E-state index in [1.54, 1.807) is 26.2 Å². The van der Waals surface area contributed by atoms with Crippen molar-refractivity contribution in [3.8, 4) is 0 Å². The number of aryl methyl sites for hydroxylation is 1. The highest BCUT2D eigenvalue weighted by atomic mass is 16.6. The summed E-state index contributed by atoms with van der Waals surface area (Å²) < 4.78 is 17.9. The second kappa shape index (κ2) is 8.65. The molecule has 2 aliphatic rings. The number of carbonyl (C=O) groups is 2. The van der Waals surface area contributed by atoms with Gasteiger partial charge < -0.3 is 19.0 Å². The third-order valence-electron chi connectivity index (χ3n) is 7.26. The van der Waals surface area contributed by atoms with Gasteiger partial charge in [0.05, 0.1) is 12.4 Å². The average molecular weight is 431 g/mol. The predicted molar refractivity (Wildman–Crippen MR) is 116 cm³/mol. The van der Waals surface area contributed by atoms with Crippen LogP contribution in [0.4, 0.5) is 0 Å². The van der Waals surface area contributed by atoms with Gasteiger partial charge in [0, 0.05) is 28.5 Å². The van der Waals surface area contributed by atoms with E-state index in [1.165, 1.54) is 6.08 Å². The SMILES string of the molecule is C/C=C(\C)C(=O)OC1c2occ(C)c2C(OC(=O)C=C(C)C)C2(C)C(C)C(O)CCC12. The number of hydrogen-bond acceptors (Lipinski definition) is 6. The molecule has 1 N–H and O–H groups in total. The van der Waals surface area contributed by atoms with Gasteiger partial charge in [-0.05, 0) is 58.9 Å². The standard InChI is InChI=1S/C25H34O6/c1-8-14(4)24(28)31-21-17-9-10-18(26)16(6)25(17,7)23(30-19(27)11-13(2)3)20-15(5)12-29-22(20)21/h8,11-12,16-18,21,23,26H,9-10H2,1-7H3/b14-8+. The number of ether oxygens (including phenoxy) is 2. The van der Waals surface area contributed by atoms with Crippen LogP contribution in [0.15, 0.2) is 34.0 Å². The molecule has 2 aliphatic carbocycles. The van der Waals surface area contributed by atoms with E-state index in [1.807, 2.05) is 34.6 Å². The van der Waals surface area contributed by atoms with Crippen LogP contribution in [0.3, 0.4) is 0 Å². The van der Waals surface area contributed by atoms with E-state index in [0.717, 1.165) is 16.7 Å². The molecule has 170 valence electrons. The normalized spacial score (nSPS) is 32.5. The zero-order valence-electron chi connectivity index (χ0n) is 19.5. The molecule has 0 spiro atoms. The van der Waals surface area contributed by atoms with Crippen LogP contribution >= 0.6 is 0 Å². The number of aliphatic hydroxyl groups excluding tert-OH is 1. The molecule has 1 saturated carbocycles. The molecule has 6 heteroatoms. The summed E-state index contributed by atoms with van der Waals surface area (Å²) in [6.45, 7) is 13.1. The van der Waals surface area contributed by atoms with Crippen molar-refractivity contribution in [3.05, 3.63) is 46.4 Å². The monoisotopic (exact) mass is 430 g/mol. The molecule has 0 aliphatic heterocycles. The van der Waals surface area contributed by atoms with Crippen LogP contribution in [0.1, 0.15) is 83.5 Å². The van der Waals surface area contributed by atoms with E-state index in [2.05, 4.69) is 0 Å². The van der Waals surface area contributed by atoms with Crippen molar-refractivity contribution in [2.75, 3.05) is 0 Å². The summed E-state index contributed by atoms with van der Waals surface area (Å²) >= 11 is 0. The van der Waals surface area contributed by atoms with Crippen LogP contribution in [0.2, 0.25) is 0 Å². The minimum Gasteiger partial charge on any atom is -0.465 e. The molecular formula is C25H34O6. The molecule has 6 nitrogen and oxygen atoms in total. The van der Waals surface area contributed by atoms with Gasteiger partial charge >= 0.3 is 11.9 Å². The molecule has 1 aromatic rings. The van der Waals surface area contributed by atoms with Gasteiger partial charge in [-0.2, -0.15) is 0 Å². The summed E-state index contributed by atoms with van der Waals surface area (Å²) in [7, 11) is 0. The van der Waals surface area contributed by atoms with Gasteiger partial charge in [-0.25, -0.2) is 9.59 Å². The Hall–Kier alpha value is -2.34. The second-order valence-electron chi connectivity index (χ2n) is 9.44. The summed E-state index contributed by atoms with van der Waals surface area (Å²) in [5.41, 5.74) is 2.30. The quantitative estimate of drug-likeness (QED) is 0.527. The van der Waals surface area contributed by atoms with E-state index in [4.69, 9.17) is 13.9 Å². The average Bonchev–Trinajstić information content (AvgIpc) is 3.08. The first-order valence-electron chi connectivity index (χ1n) is 11.0. The number of esters is 2. The molecule has 6 atom stereocenters. The third-order valence-corrected chi connectivity index (χ3v) is 7.26. The zero-order valence-corrected chi connectivity index (χ0v) is 19.5. The highest BCUT2D eigenvalue weighted by Crippen LogP contribution is 2.63. The molecule has 0 bridgehead atoms. The Morgan fingerprint density at radius 1 is 1.23 bits per heavy atom. The van der Waals surface area contributed by atoms with Crippen molar-refractivity contribution in [1.29, 1.82) is 0 Å². The largest absolute Gasteiger partial charge is 0.465 e. The van der Waals surface area contributed by atoms with Crippen molar-refractivity contribution < 1.29 is 28.6 Å². The lowest BCUT2D eigenvalue weighted by Gasteiger charge is -2.55. The van der Waals surface area contributed by atoms with Crippen molar-refractivity contribution >= 4 is 11.9 Å². The van der Waals surface area contributed by atoms with Crippen LogP contribution in [-0.2, 0) is 19.1 Å². The van der Waals surface area contributed by atoms with Gasteiger partial charge in [0.15, 0.2) is 11.9 Å². The molecular weight excluding hydrogens is 396 g/mol. The molecule has 31 heavy (non-hydrogen) atoms. The summed E-state index contributed by atoms with van der Waals surface area (Å²) in [5.74, 6) is -0.627. The molecule has 1 fully saturated rings. The first kappa shape index (κ1) is 23.3. The predicted octanol–water partition coefficient (Wildman–Crippen LogP) is 5.12. The van der Waals surface area contributed by atoms with Crippen molar-refractivity contribution in [3.63, 3.8) is 0 Å². The van der Waals surface area contributed by atoms with Crippen LogP contribution < -0.4 is 0 Å². The van der Waals surface area contributed by atoms with E-state index < -0.39 is 35.7 Å². The Morgan fingerprint density at radius 2 is 1.90 bits per heavy atom. The van der Waals surface area contributed by atoms with E-state index >= 15 is 0 Å². The topological polar surface area (TPSA) is 86.0 Å². The second-order valence-corrected chi connectivity index (χ2v) is 9.44. The zero-order chi connectivity index (χ0) is 23.1. The number of allylic oxidation sites excluding steroid dienone is 2. The summed E-state index contributed by atoms with van der Waals surface area (Å²) in [5, 5.41) is 10.7. The van der Waals surface area contributed by atoms with E-state index in [9.17, 15) is 14.7 Å². The minimum absolute atomic E-state index is 0.165. The number of fused-ring (bicyclic) bond motifs is 2. The van der Waals surface area contributed by atoms with Crippen molar-refractivity contribution in [2.45, 2.75) is 79.6 Å².